The van der Waals surface area contributed by atoms with Gasteiger partial charge in [-0.05, 0) is 62.3 Å². The molecule has 2 nitrogen and oxygen atoms in total. The molecule has 0 unspecified atom stereocenters. The molecule has 22 heavy (non-hydrogen) atoms. The van der Waals surface area contributed by atoms with Crippen LogP contribution in [0.2, 0.25) is 5.02 Å². The van der Waals surface area contributed by atoms with Gasteiger partial charge in [-0.3, -0.25) is 0 Å². The van der Waals surface area contributed by atoms with Gasteiger partial charge < -0.3 is 10.6 Å². The lowest BCUT2D eigenvalue weighted by Crippen LogP contribution is -2.31. The highest BCUT2D eigenvalue weighted by molar-refractivity contribution is 7.80. The third-order valence-electron chi connectivity index (χ3n) is 3.42. The monoisotopic (exact) mass is 336 g/mol. The van der Waals surface area contributed by atoms with Crippen molar-refractivity contribution in [2.45, 2.75) is 26.8 Å². The Kier molecular flexibility index (Phi) is 5.37. The minimum Gasteiger partial charge on any atom is -0.356 e. The largest absolute Gasteiger partial charge is 0.356 e. The van der Waals surface area contributed by atoms with E-state index in [0.717, 1.165) is 0 Å². The van der Waals surface area contributed by atoms with Gasteiger partial charge in [-0.15, -0.1) is 0 Å². The molecule has 0 amide bonds. The van der Waals surface area contributed by atoms with Crippen LogP contribution in [0.3, 0.4) is 0 Å². The van der Waals surface area contributed by atoms with E-state index < -0.39 is 5.82 Å². The summed E-state index contributed by atoms with van der Waals surface area (Å²) >= 11 is 11.1. The van der Waals surface area contributed by atoms with Gasteiger partial charge in [-0.2, -0.15) is 0 Å². The van der Waals surface area contributed by atoms with Crippen molar-refractivity contribution < 1.29 is 4.39 Å². The number of hydrogen-bond acceptors (Lipinski definition) is 1. The molecule has 2 rings (SSSR count). The first-order chi connectivity index (χ1) is 10.4. The van der Waals surface area contributed by atoms with Gasteiger partial charge >= 0.3 is 0 Å². The van der Waals surface area contributed by atoms with Gasteiger partial charge in [0.1, 0.15) is 5.82 Å². The molecule has 0 saturated carbocycles. The lowest BCUT2D eigenvalue weighted by atomic mass is 10.0. The summed E-state index contributed by atoms with van der Waals surface area (Å²) in [5.41, 5.74) is 4.28. The first-order valence-corrected chi connectivity index (χ1v) is 7.75. The van der Waals surface area contributed by atoms with Crippen LogP contribution in [-0.2, 0) is 0 Å². The van der Waals surface area contributed by atoms with Crippen molar-refractivity contribution in [2.75, 3.05) is 5.32 Å². The topological polar surface area (TPSA) is 24.1 Å². The van der Waals surface area contributed by atoms with Crippen LogP contribution in [0.15, 0.2) is 36.4 Å². The van der Waals surface area contributed by atoms with Crippen molar-refractivity contribution in [1.29, 1.82) is 0 Å². The van der Waals surface area contributed by atoms with Crippen LogP contribution >= 0.6 is 23.8 Å². The lowest BCUT2D eigenvalue weighted by molar-refractivity contribution is 0.628. The molecule has 5 heteroatoms. The van der Waals surface area contributed by atoms with Gasteiger partial charge in [0.05, 0.1) is 11.1 Å². The molecule has 0 heterocycles. The summed E-state index contributed by atoms with van der Waals surface area (Å²) in [4.78, 5) is 0. The highest BCUT2D eigenvalue weighted by Crippen LogP contribution is 2.21. The quantitative estimate of drug-likeness (QED) is 0.758. The van der Waals surface area contributed by atoms with E-state index in [0.29, 0.717) is 10.8 Å². The highest BCUT2D eigenvalue weighted by Gasteiger charge is 2.10. The molecule has 1 atom stereocenters. The van der Waals surface area contributed by atoms with Gasteiger partial charge in [0.15, 0.2) is 5.11 Å². The van der Waals surface area contributed by atoms with Crippen molar-refractivity contribution in [3.8, 4) is 0 Å². The number of aryl methyl sites for hydroxylation is 2. The zero-order chi connectivity index (χ0) is 16.3. The highest BCUT2D eigenvalue weighted by atomic mass is 35.5. The fourth-order valence-electron chi connectivity index (χ4n) is 2.33. The summed E-state index contributed by atoms with van der Waals surface area (Å²) in [6.07, 6.45) is 0. The van der Waals surface area contributed by atoms with Crippen LogP contribution in [0.1, 0.15) is 29.7 Å². The molecule has 0 aliphatic heterocycles. The van der Waals surface area contributed by atoms with E-state index in [9.17, 15) is 4.39 Å². The maximum absolute atomic E-state index is 13.1. The second kappa shape index (κ2) is 7.07. The van der Waals surface area contributed by atoms with Crippen LogP contribution in [0.5, 0.6) is 0 Å². The molecule has 0 radical (unpaired) electrons. The van der Waals surface area contributed by atoms with Crippen molar-refractivity contribution in [3.05, 3.63) is 63.9 Å². The molecular weight excluding hydrogens is 319 g/mol. The second-order valence-corrected chi connectivity index (χ2v) is 6.12. The van der Waals surface area contributed by atoms with E-state index in [4.69, 9.17) is 23.8 Å². The fraction of sp³-hybridized carbons (Fsp3) is 0.235. The van der Waals surface area contributed by atoms with Crippen molar-refractivity contribution in [3.63, 3.8) is 0 Å². The molecule has 2 aromatic carbocycles. The Balaban J connectivity index is 2.03. The van der Waals surface area contributed by atoms with Crippen LogP contribution in [0.4, 0.5) is 10.1 Å². The van der Waals surface area contributed by atoms with E-state index >= 15 is 0 Å². The van der Waals surface area contributed by atoms with E-state index in [-0.39, 0.29) is 11.1 Å². The first kappa shape index (κ1) is 16.7. The average molecular weight is 337 g/mol. The predicted octanol–water partition coefficient (Wildman–Crippen LogP) is 5.14. The number of halogens is 2. The predicted molar refractivity (Wildman–Crippen MR) is 95.1 cm³/mol. The number of rotatable bonds is 3. The minimum absolute atomic E-state index is 0.0650. The maximum atomic E-state index is 13.1. The minimum atomic E-state index is -0.449. The zero-order valence-corrected chi connectivity index (χ0v) is 14.3. The summed E-state index contributed by atoms with van der Waals surface area (Å²) in [6, 6.07) is 10.8. The molecule has 0 aromatic heterocycles. The van der Waals surface area contributed by atoms with E-state index in [1.54, 1.807) is 6.07 Å². The Hall–Kier alpha value is -1.65. The zero-order valence-electron chi connectivity index (χ0n) is 12.7. The standard InChI is InChI=1S/C17H18ClFN2S/c1-10-4-6-14(11(2)8-10)12(3)20-17(22)21-13-5-7-16(19)15(18)9-13/h4-9,12H,1-3H3,(H2,20,21,22)/t12-/m0/s1. The SMILES string of the molecule is Cc1ccc([C@H](C)NC(=S)Nc2ccc(F)c(Cl)c2)c(C)c1. The van der Waals surface area contributed by atoms with Crippen molar-refractivity contribution in [1.82, 2.24) is 5.32 Å². The van der Waals surface area contributed by atoms with Gasteiger partial charge in [-0.1, -0.05) is 35.4 Å². The summed E-state index contributed by atoms with van der Waals surface area (Å²) in [6.45, 7) is 6.19. The molecule has 0 aliphatic carbocycles. The Morgan fingerprint density at radius 3 is 2.55 bits per heavy atom. The molecule has 0 aliphatic rings. The smallest absolute Gasteiger partial charge is 0.171 e. The number of benzene rings is 2. The summed E-state index contributed by atoms with van der Waals surface area (Å²) in [5.74, 6) is -0.449. The number of nitrogens with one attached hydrogen (secondary N) is 2. The summed E-state index contributed by atoms with van der Waals surface area (Å²) in [7, 11) is 0. The molecule has 0 bridgehead atoms. The average Bonchev–Trinajstić information content (AvgIpc) is 2.42. The molecule has 2 aromatic rings. The third-order valence-corrected chi connectivity index (χ3v) is 3.93. The number of hydrogen-bond donors (Lipinski definition) is 2. The van der Waals surface area contributed by atoms with Crippen molar-refractivity contribution in [2.24, 2.45) is 0 Å². The Morgan fingerprint density at radius 2 is 1.91 bits per heavy atom. The van der Waals surface area contributed by atoms with Gasteiger partial charge in [0.25, 0.3) is 0 Å². The molecule has 0 saturated heterocycles. The fourth-order valence-corrected chi connectivity index (χ4v) is 2.80. The van der Waals surface area contributed by atoms with Crippen LogP contribution in [0, 0.1) is 19.7 Å². The molecular formula is C17H18ClFN2S. The number of anilines is 1. The molecule has 2 N–H and O–H groups in total. The third kappa shape index (κ3) is 4.18. The van der Waals surface area contributed by atoms with Gasteiger partial charge in [-0.25, -0.2) is 4.39 Å². The molecule has 0 spiro atoms. The number of thiocarbonyl (C=S) groups is 1. The van der Waals surface area contributed by atoms with Crippen LogP contribution < -0.4 is 10.6 Å². The molecule has 116 valence electrons. The van der Waals surface area contributed by atoms with E-state index in [2.05, 4.69) is 42.7 Å². The maximum Gasteiger partial charge on any atom is 0.171 e. The summed E-state index contributed by atoms with van der Waals surface area (Å²) < 4.78 is 13.1. The van der Waals surface area contributed by atoms with Gasteiger partial charge in [0.2, 0.25) is 0 Å². The van der Waals surface area contributed by atoms with E-state index in [1.807, 2.05) is 6.92 Å². The summed E-state index contributed by atoms with van der Waals surface area (Å²) in [5, 5.41) is 6.77. The lowest BCUT2D eigenvalue weighted by Gasteiger charge is -2.19. The van der Waals surface area contributed by atoms with Crippen LogP contribution in [0.25, 0.3) is 0 Å². The second-order valence-electron chi connectivity index (χ2n) is 5.31. The first-order valence-electron chi connectivity index (χ1n) is 6.96. The Bertz CT molecular complexity index is 703. The normalized spacial score (nSPS) is 11.9. The molecule has 0 fully saturated rings. The van der Waals surface area contributed by atoms with Gasteiger partial charge in [0, 0.05) is 5.69 Å². The Labute approximate surface area is 140 Å². The van der Waals surface area contributed by atoms with E-state index in [1.165, 1.54) is 28.8 Å². The Morgan fingerprint density at radius 1 is 1.18 bits per heavy atom. The van der Waals surface area contributed by atoms with Crippen LogP contribution in [-0.4, -0.2) is 5.11 Å². The van der Waals surface area contributed by atoms with Crippen molar-refractivity contribution >= 4 is 34.6 Å².